The number of nitrogens with zero attached hydrogens (tertiary/aromatic N) is 1. The number of hydrogen-bond donors (Lipinski definition) is 0. The second-order valence-corrected chi connectivity index (χ2v) is 8.69. The van der Waals surface area contributed by atoms with Gasteiger partial charge in [0.2, 0.25) is 20.0 Å². The molecule has 1 aromatic rings. The van der Waals surface area contributed by atoms with E-state index in [1.807, 2.05) is 0 Å². The number of sulfonamides is 2. The van der Waals surface area contributed by atoms with E-state index in [0.29, 0.717) is 18.6 Å². The SMILES string of the molecule is CS(=O)(=O)N(c1ccc(Br)cc1C(F)(F)F)S(C)(=O)=O. The molecule has 1 rings (SSSR count). The maximum absolute atomic E-state index is 12.9. The molecule has 20 heavy (non-hydrogen) atoms. The number of rotatable bonds is 3. The van der Waals surface area contributed by atoms with Crippen molar-refractivity contribution >= 4 is 41.7 Å². The molecule has 0 atom stereocenters. The molecule has 0 amide bonds. The Morgan fingerprint density at radius 3 is 1.85 bits per heavy atom. The maximum atomic E-state index is 12.9. The van der Waals surface area contributed by atoms with Gasteiger partial charge in [0.05, 0.1) is 23.8 Å². The van der Waals surface area contributed by atoms with Crippen molar-refractivity contribution in [3.8, 4) is 0 Å². The molecule has 0 saturated heterocycles. The van der Waals surface area contributed by atoms with Crippen LogP contribution in [0.4, 0.5) is 18.9 Å². The summed E-state index contributed by atoms with van der Waals surface area (Å²) in [5.41, 5.74) is -2.34. The zero-order chi connectivity index (χ0) is 15.9. The van der Waals surface area contributed by atoms with Gasteiger partial charge in [-0.25, -0.2) is 16.8 Å². The highest BCUT2D eigenvalue weighted by atomic mass is 79.9. The molecular weight excluding hydrogens is 387 g/mol. The Labute approximate surface area is 122 Å². The third kappa shape index (κ3) is 3.85. The van der Waals surface area contributed by atoms with Crippen LogP contribution in [0.3, 0.4) is 0 Å². The van der Waals surface area contributed by atoms with Crippen LogP contribution in [-0.4, -0.2) is 29.3 Å². The van der Waals surface area contributed by atoms with Crippen LogP contribution < -0.4 is 3.71 Å². The molecule has 11 heteroatoms. The van der Waals surface area contributed by atoms with Gasteiger partial charge < -0.3 is 0 Å². The molecule has 0 heterocycles. The van der Waals surface area contributed by atoms with E-state index in [1.54, 1.807) is 0 Å². The van der Waals surface area contributed by atoms with Crippen molar-refractivity contribution in [2.75, 3.05) is 16.2 Å². The topological polar surface area (TPSA) is 71.5 Å². The van der Waals surface area contributed by atoms with Crippen LogP contribution in [0.2, 0.25) is 0 Å². The lowest BCUT2D eigenvalue weighted by Crippen LogP contribution is -2.36. The van der Waals surface area contributed by atoms with Crippen molar-refractivity contribution in [2.45, 2.75) is 6.18 Å². The normalized spacial score (nSPS) is 13.3. The van der Waals surface area contributed by atoms with Crippen molar-refractivity contribution in [1.82, 2.24) is 0 Å². The molecule has 0 radical (unpaired) electrons. The third-order valence-corrected chi connectivity index (χ3v) is 5.78. The summed E-state index contributed by atoms with van der Waals surface area (Å²) in [5.74, 6) is 0. The lowest BCUT2D eigenvalue weighted by molar-refractivity contribution is -0.137. The predicted molar refractivity (Wildman–Crippen MR) is 71.3 cm³/mol. The Hall–Kier alpha value is -0.810. The van der Waals surface area contributed by atoms with E-state index >= 15 is 0 Å². The van der Waals surface area contributed by atoms with Crippen molar-refractivity contribution < 1.29 is 30.0 Å². The van der Waals surface area contributed by atoms with E-state index in [2.05, 4.69) is 15.9 Å². The Kier molecular flexibility index (Phi) is 4.47. The molecule has 0 bridgehead atoms. The molecule has 0 unspecified atom stereocenters. The number of halogens is 4. The summed E-state index contributed by atoms with van der Waals surface area (Å²) in [6.45, 7) is 0. The average molecular weight is 396 g/mol. The monoisotopic (exact) mass is 395 g/mol. The van der Waals surface area contributed by atoms with Crippen LogP contribution in [0.25, 0.3) is 0 Å². The minimum Gasteiger partial charge on any atom is -0.206 e. The van der Waals surface area contributed by atoms with Gasteiger partial charge >= 0.3 is 6.18 Å². The first-order valence-corrected chi connectivity index (χ1v) is 9.31. The highest BCUT2D eigenvalue weighted by molar-refractivity contribution is 9.10. The second kappa shape index (κ2) is 5.19. The molecular formula is C9H9BrF3NO4S2. The standard InChI is InChI=1S/C9H9BrF3NO4S2/c1-19(15,16)14(20(2,17)18)8-4-3-6(10)5-7(8)9(11,12)13/h3-5H,1-2H3. The number of benzene rings is 1. The first-order chi connectivity index (χ1) is 8.74. The van der Waals surface area contributed by atoms with Crippen molar-refractivity contribution in [3.05, 3.63) is 28.2 Å². The van der Waals surface area contributed by atoms with Crippen LogP contribution in [0.5, 0.6) is 0 Å². The van der Waals surface area contributed by atoms with E-state index in [4.69, 9.17) is 0 Å². The van der Waals surface area contributed by atoms with Crippen LogP contribution in [-0.2, 0) is 26.2 Å². The Morgan fingerprint density at radius 1 is 1.05 bits per heavy atom. The van der Waals surface area contributed by atoms with Gasteiger partial charge in [-0.3, -0.25) is 0 Å². The summed E-state index contributed by atoms with van der Waals surface area (Å²) >= 11 is 2.82. The van der Waals surface area contributed by atoms with Crippen LogP contribution >= 0.6 is 15.9 Å². The largest absolute Gasteiger partial charge is 0.418 e. The van der Waals surface area contributed by atoms with E-state index in [0.717, 1.165) is 12.1 Å². The van der Waals surface area contributed by atoms with E-state index in [-0.39, 0.29) is 8.18 Å². The average Bonchev–Trinajstić information content (AvgIpc) is 2.14. The zero-order valence-electron chi connectivity index (χ0n) is 10.1. The molecule has 0 aliphatic heterocycles. The van der Waals surface area contributed by atoms with E-state index in [9.17, 15) is 30.0 Å². The number of alkyl halides is 3. The molecule has 0 spiro atoms. The number of anilines is 1. The first-order valence-electron chi connectivity index (χ1n) is 4.82. The molecule has 0 saturated carbocycles. The molecule has 5 nitrogen and oxygen atoms in total. The summed E-state index contributed by atoms with van der Waals surface area (Å²) in [6, 6.07) is 2.50. The van der Waals surface area contributed by atoms with Crippen molar-refractivity contribution in [2.24, 2.45) is 0 Å². The smallest absolute Gasteiger partial charge is 0.206 e. The van der Waals surface area contributed by atoms with E-state index in [1.165, 1.54) is 0 Å². The lowest BCUT2D eigenvalue weighted by Gasteiger charge is -2.23. The highest BCUT2D eigenvalue weighted by Crippen LogP contribution is 2.39. The molecule has 1 aromatic carbocycles. The van der Waals surface area contributed by atoms with E-state index < -0.39 is 37.5 Å². The Balaban J connectivity index is 3.76. The molecule has 0 aromatic heterocycles. The maximum Gasteiger partial charge on any atom is 0.418 e. The minimum absolute atomic E-state index is 0.0375. The predicted octanol–water partition coefficient (Wildman–Crippen LogP) is 2.19. The summed E-state index contributed by atoms with van der Waals surface area (Å²) in [4.78, 5) is 0. The first kappa shape index (κ1) is 17.2. The number of hydrogen-bond acceptors (Lipinski definition) is 4. The van der Waals surface area contributed by atoms with Gasteiger partial charge in [0.1, 0.15) is 0 Å². The van der Waals surface area contributed by atoms with Gasteiger partial charge in [0.25, 0.3) is 0 Å². The van der Waals surface area contributed by atoms with Gasteiger partial charge in [-0.2, -0.15) is 16.9 Å². The fourth-order valence-electron chi connectivity index (χ4n) is 1.50. The molecule has 0 N–H and O–H groups in total. The fourth-order valence-corrected chi connectivity index (χ4v) is 4.86. The summed E-state index contributed by atoms with van der Waals surface area (Å²) in [6.07, 6.45) is -3.89. The van der Waals surface area contributed by atoms with Gasteiger partial charge in [0.15, 0.2) is 0 Å². The van der Waals surface area contributed by atoms with Gasteiger partial charge in [-0.05, 0) is 18.2 Å². The Morgan fingerprint density at radius 2 is 1.50 bits per heavy atom. The molecule has 114 valence electrons. The van der Waals surface area contributed by atoms with Crippen LogP contribution in [0.15, 0.2) is 22.7 Å². The molecule has 0 aliphatic carbocycles. The molecule has 0 aliphatic rings. The summed E-state index contributed by atoms with van der Waals surface area (Å²) in [5, 5.41) is 0. The van der Waals surface area contributed by atoms with Gasteiger partial charge in [-0.15, -0.1) is 0 Å². The van der Waals surface area contributed by atoms with Crippen LogP contribution in [0.1, 0.15) is 5.56 Å². The minimum atomic E-state index is -4.91. The summed E-state index contributed by atoms with van der Waals surface area (Å²) in [7, 11) is -8.88. The van der Waals surface area contributed by atoms with Crippen molar-refractivity contribution in [1.29, 1.82) is 0 Å². The third-order valence-electron chi connectivity index (χ3n) is 2.06. The van der Waals surface area contributed by atoms with Crippen LogP contribution in [0, 0.1) is 0 Å². The quantitative estimate of drug-likeness (QED) is 0.786. The lowest BCUT2D eigenvalue weighted by atomic mass is 10.2. The highest BCUT2D eigenvalue weighted by Gasteiger charge is 2.39. The zero-order valence-corrected chi connectivity index (χ0v) is 13.4. The van der Waals surface area contributed by atoms with Gasteiger partial charge in [0, 0.05) is 4.47 Å². The fraction of sp³-hybridized carbons (Fsp3) is 0.333. The summed E-state index contributed by atoms with van der Waals surface area (Å²) < 4.78 is 84.6. The van der Waals surface area contributed by atoms with Crippen molar-refractivity contribution in [3.63, 3.8) is 0 Å². The molecule has 0 fully saturated rings. The van der Waals surface area contributed by atoms with Gasteiger partial charge in [-0.1, -0.05) is 15.9 Å². The Bertz CT molecular complexity index is 696. The second-order valence-electron chi connectivity index (χ2n) is 3.88.